The molecule has 1 aromatic carbocycles. The minimum Gasteiger partial charge on any atom is -0.481 e. The molecular formula is C21H29ClN2O3. The van der Waals surface area contributed by atoms with Gasteiger partial charge in [-0.2, -0.15) is 0 Å². The van der Waals surface area contributed by atoms with E-state index in [0.717, 1.165) is 50.9 Å². The van der Waals surface area contributed by atoms with Gasteiger partial charge in [-0.15, -0.1) is 12.4 Å². The molecule has 0 bridgehead atoms. The quantitative estimate of drug-likeness (QED) is 0.581. The number of carboxylic acid groups (broad SMARTS) is 1. The molecule has 0 amide bonds. The van der Waals surface area contributed by atoms with Gasteiger partial charge in [0.1, 0.15) is 6.61 Å². The fourth-order valence-corrected chi connectivity index (χ4v) is 3.68. The minimum absolute atomic E-state index is 0. The van der Waals surface area contributed by atoms with Crippen LogP contribution in [0, 0.1) is 5.92 Å². The number of oxime groups is 1. The maximum Gasteiger partial charge on any atom is 0.307 e. The van der Waals surface area contributed by atoms with E-state index in [1.165, 1.54) is 17.6 Å². The van der Waals surface area contributed by atoms with Crippen LogP contribution in [0.1, 0.15) is 44.1 Å². The van der Waals surface area contributed by atoms with Crippen LogP contribution in [-0.4, -0.2) is 47.9 Å². The molecule has 148 valence electrons. The molecular weight excluding hydrogens is 364 g/mol. The van der Waals surface area contributed by atoms with Crippen LogP contribution in [0.2, 0.25) is 0 Å². The van der Waals surface area contributed by atoms with Crippen LogP contribution in [0.3, 0.4) is 0 Å². The Bertz CT molecular complexity index is 661. The number of nitrogens with zero attached hydrogens (tertiary/aromatic N) is 2. The Hall–Kier alpha value is -1.85. The average molecular weight is 393 g/mol. The number of piperidine rings is 1. The van der Waals surface area contributed by atoms with Gasteiger partial charge in [0.15, 0.2) is 0 Å². The Morgan fingerprint density at radius 2 is 2.00 bits per heavy atom. The van der Waals surface area contributed by atoms with Crippen molar-refractivity contribution in [3.63, 3.8) is 0 Å². The average Bonchev–Trinajstić information content (AvgIpc) is 2.67. The first-order valence-corrected chi connectivity index (χ1v) is 9.62. The molecule has 3 rings (SSSR count). The third kappa shape index (κ3) is 6.67. The zero-order chi connectivity index (χ0) is 18.2. The third-order valence-electron chi connectivity index (χ3n) is 5.15. The third-order valence-corrected chi connectivity index (χ3v) is 5.15. The summed E-state index contributed by atoms with van der Waals surface area (Å²) in [5.74, 6) is -0.928. The van der Waals surface area contributed by atoms with Crippen LogP contribution < -0.4 is 0 Å². The van der Waals surface area contributed by atoms with Gasteiger partial charge in [0.05, 0.1) is 11.6 Å². The van der Waals surface area contributed by atoms with Gasteiger partial charge in [-0.3, -0.25) is 9.69 Å². The molecule has 0 unspecified atom stereocenters. The van der Waals surface area contributed by atoms with Crippen LogP contribution in [0.4, 0.5) is 0 Å². The van der Waals surface area contributed by atoms with Gasteiger partial charge in [-0.05, 0) is 62.3 Å². The number of hydrogen-bond donors (Lipinski definition) is 1. The number of hydrogen-bond acceptors (Lipinski definition) is 4. The van der Waals surface area contributed by atoms with E-state index < -0.39 is 5.97 Å². The molecule has 1 N–H and O–H groups in total. The smallest absolute Gasteiger partial charge is 0.307 e. The van der Waals surface area contributed by atoms with Crippen molar-refractivity contribution in [2.24, 2.45) is 11.1 Å². The van der Waals surface area contributed by atoms with E-state index in [-0.39, 0.29) is 18.3 Å². The molecule has 1 saturated carbocycles. The summed E-state index contributed by atoms with van der Waals surface area (Å²) in [6.45, 7) is 2.81. The van der Waals surface area contributed by atoms with Crippen LogP contribution >= 0.6 is 12.4 Å². The van der Waals surface area contributed by atoms with E-state index in [2.05, 4.69) is 28.3 Å². The largest absolute Gasteiger partial charge is 0.481 e. The molecule has 2 aliphatic rings. The second kappa shape index (κ2) is 11.1. The lowest BCUT2D eigenvalue weighted by molar-refractivity contribution is -0.143. The molecule has 1 aliphatic carbocycles. The molecule has 1 saturated heterocycles. The fraction of sp³-hybridized carbons (Fsp3) is 0.524. The number of carboxylic acids is 1. The predicted octanol–water partition coefficient (Wildman–Crippen LogP) is 4.24. The van der Waals surface area contributed by atoms with Gasteiger partial charge in [-0.25, -0.2) is 0 Å². The predicted molar refractivity (Wildman–Crippen MR) is 110 cm³/mol. The number of aliphatic carboxylic acids is 1. The second-order valence-corrected chi connectivity index (χ2v) is 7.14. The van der Waals surface area contributed by atoms with Crippen molar-refractivity contribution >= 4 is 30.2 Å². The highest BCUT2D eigenvalue weighted by atomic mass is 35.5. The lowest BCUT2D eigenvalue weighted by atomic mass is 9.91. The summed E-state index contributed by atoms with van der Waals surface area (Å²) in [4.78, 5) is 18.9. The number of allylic oxidation sites excluding steroid dienone is 1. The van der Waals surface area contributed by atoms with Gasteiger partial charge >= 0.3 is 5.97 Å². The number of rotatable bonds is 6. The molecule has 0 spiro atoms. The van der Waals surface area contributed by atoms with Crippen molar-refractivity contribution in [2.75, 3.05) is 26.2 Å². The van der Waals surface area contributed by atoms with Gasteiger partial charge in [0, 0.05) is 13.1 Å². The standard InChI is InChI=1S/C21H28N2O3.ClH/c24-21(25)19-10-6-12-23(16-19)13-14-26-22-20-11-5-4-9-18(20)15-17-7-2-1-3-8-17;/h1-3,7-8,15,19H,4-6,9-14,16H2,(H,24,25);1H/t19-;/m1./s1. The first kappa shape index (κ1) is 21.5. The van der Waals surface area contributed by atoms with Crippen molar-refractivity contribution in [2.45, 2.75) is 38.5 Å². The van der Waals surface area contributed by atoms with Crippen LogP contribution in [-0.2, 0) is 9.63 Å². The minimum atomic E-state index is -0.686. The molecule has 1 aromatic rings. The first-order chi connectivity index (χ1) is 12.7. The van der Waals surface area contributed by atoms with Gasteiger partial charge in [0.25, 0.3) is 0 Å². The monoisotopic (exact) mass is 392 g/mol. The van der Waals surface area contributed by atoms with Crippen molar-refractivity contribution in [1.82, 2.24) is 4.90 Å². The zero-order valence-corrected chi connectivity index (χ0v) is 16.5. The van der Waals surface area contributed by atoms with Gasteiger partial charge < -0.3 is 9.94 Å². The summed E-state index contributed by atoms with van der Waals surface area (Å²) in [5.41, 5.74) is 3.53. The molecule has 6 heteroatoms. The molecule has 0 radical (unpaired) electrons. The van der Waals surface area contributed by atoms with Gasteiger partial charge in [0.2, 0.25) is 0 Å². The highest BCUT2D eigenvalue weighted by Gasteiger charge is 2.25. The Balaban J connectivity index is 0.00000261. The lowest BCUT2D eigenvalue weighted by Gasteiger charge is -2.30. The molecule has 2 fully saturated rings. The summed E-state index contributed by atoms with van der Waals surface area (Å²) in [5, 5.41) is 13.6. The maximum absolute atomic E-state index is 11.1. The number of halogens is 1. The first-order valence-electron chi connectivity index (χ1n) is 9.62. The van der Waals surface area contributed by atoms with Crippen molar-refractivity contribution in [1.29, 1.82) is 0 Å². The van der Waals surface area contributed by atoms with E-state index >= 15 is 0 Å². The van der Waals surface area contributed by atoms with Crippen molar-refractivity contribution in [3.8, 4) is 0 Å². The fourth-order valence-electron chi connectivity index (χ4n) is 3.68. The van der Waals surface area contributed by atoms with E-state index in [1.807, 2.05) is 18.2 Å². The normalized spacial score (nSPS) is 23.8. The van der Waals surface area contributed by atoms with E-state index in [1.54, 1.807) is 0 Å². The lowest BCUT2D eigenvalue weighted by Crippen LogP contribution is -2.40. The molecule has 27 heavy (non-hydrogen) atoms. The molecule has 1 aliphatic heterocycles. The summed E-state index contributed by atoms with van der Waals surface area (Å²) in [6.07, 6.45) is 8.29. The Labute approximate surface area is 167 Å². The SMILES string of the molecule is Cl.O=C(O)[C@@H]1CCCN(CCON=C2CCCCC2=Cc2ccccc2)C1. The highest BCUT2D eigenvalue weighted by Crippen LogP contribution is 2.23. The second-order valence-electron chi connectivity index (χ2n) is 7.14. The zero-order valence-electron chi connectivity index (χ0n) is 15.7. The maximum atomic E-state index is 11.1. The number of likely N-dealkylation sites (tertiary alicyclic amines) is 1. The Morgan fingerprint density at radius 1 is 1.22 bits per heavy atom. The van der Waals surface area contributed by atoms with Crippen molar-refractivity contribution in [3.05, 3.63) is 41.5 Å². The van der Waals surface area contributed by atoms with Crippen LogP contribution in [0.5, 0.6) is 0 Å². The highest BCUT2D eigenvalue weighted by molar-refractivity contribution is 6.03. The van der Waals surface area contributed by atoms with Crippen LogP contribution in [0.25, 0.3) is 6.08 Å². The topological polar surface area (TPSA) is 62.1 Å². The van der Waals surface area contributed by atoms with E-state index in [9.17, 15) is 4.79 Å². The van der Waals surface area contributed by atoms with Gasteiger partial charge in [-0.1, -0.05) is 35.5 Å². The van der Waals surface area contributed by atoms with Crippen LogP contribution in [0.15, 0.2) is 41.1 Å². The molecule has 1 atom stereocenters. The summed E-state index contributed by atoms with van der Waals surface area (Å²) < 4.78 is 0. The van der Waals surface area contributed by atoms with E-state index in [4.69, 9.17) is 9.94 Å². The van der Waals surface area contributed by atoms with Crippen molar-refractivity contribution < 1.29 is 14.7 Å². The number of benzene rings is 1. The summed E-state index contributed by atoms with van der Waals surface area (Å²) in [7, 11) is 0. The Kier molecular flexibility index (Phi) is 8.82. The molecule has 0 aromatic heterocycles. The molecule has 5 nitrogen and oxygen atoms in total. The summed E-state index contributed by atoms with van der Waals surface area (Å²) >= 11 is 0. The molecule has 1 heterocycles. The summed E-state index contributed by atoms with van der Waals surface area (Å²) in [6, 6.07) is 10.3. The number of carbonyl (C=O) groups is 1. The Morgan fingerprint density at radius 3 is 2.78 bits per heavy atom. The van der Waals surface area contributed by atoms with E-state index in [0.29, 0.717) is 13.2 Å².